The number of hydrogen-bond donors (Lipinski definition) is 2. The van der Waals surface area contributed by atoms with Gasteiger partial charge in [0.15, 0.2) is 0 Å². The third kappa shape index (κ3) is 2.39. The van der Waals surface area contributed by atoms with Crippen LogP contribution in [0.25, 0.3) is 0 Å². The van der Waals surface area contributed by atoms with Crippen LogP contribution in [0.5, 0.6) is 0 Å². The van der Waals surface area contributed by atoms with E-state index in [9.17, 15) is 4.79 Å². The average Bonchev–Trinajstić information content (AvgIpc) is 2.28. The molecule has 5 heteroatoms. The van der Waals surface area contributed by atoms with E-state index in [1.165, 1.54) is 0 Å². The number of anilines is 1. The molecule has 1 aliphatic heterocycles. The Bertz CT molecular complexity index is 433. The molecule has 1 fully saturated rings. The zero-order chi connectivity index (χ0) is 12.4. The number of aryl methyl sites for hydroxylation is 1. The van der Waals surface area contributed by atoms with Crippen LogP contribution in [0.2, 0.25) is 0 Å². The summed E-state index contributed by atoms with van der Waals surface area (Å²) in [5, 5.41) is 0. The van der Waals surface area contributed by atoms with Gasteiger partial charge in [-0.1, -0.05) is 0 Å². The molecule has 0 bridgehead atoms. The van der Waals surface area contributed by atoms with Crippen LogP contribution in [0.3, 0.4) is 0 Å². The Morgan fingerprint density at radius 2 is 2.35 bits per heavy atom. The first-order valence-electron chi connectivity index (χ1n) is 5.85. The monoisotopic (exact) mass is 234 g/mol. The number of primary amides is 1. The van der Waals surface area contributed by atoms with Gasteiger partial charge in [-0.25, -0.2) is 4.98 Å². The van der Waals surface area contributed by atoms with Gasteiger partial charge in [0, 0.05) is 25.3 Å². The molecule has 17 heavy (non-hydrogen) atoms. The average molecular weight is 234 g/mol. The fourth-order valence-corrected chi connectivity index (χ4v) is 2.29. The van der Waals surface area contributed by atoms with E-state index in [0.29, 0.717) is 11.4 Å². The molecule has 1 unspecified atom stereocenters. The summed E-state index contributed by atoms with van der Waals surface area (Å²) in [4.78, 5) is 17.8. The lowest BCUT2D eigenvalue weighted by Crippen LogP contribution is -2.44. The number of hydrogen-bond acceptors (Lipinski definition) is 4. The highest BCUT2D eigenvalue weighted by molar-refractivity contribution is 5.99. The Labute approximate surface area is 101 Å². The third-order valence-electron chi connectivity index (χ3n) is 3.14. The molecule has 0 saturated carbocycles. The van der Waals surface area contributed by atoms with Gasteiger partial charge >= 0.3 is 0 Å². The van der Waals surface area contributed by atoms with Crippen LogP contribution in [0.1, 0.15) is 28.8 Å². The van der Waals surface area contributed by atoms with E-state index in [2.05, 4.69) is 9.88 Å². The van der Waals surface area contributed by atoms with Crippen molar-refractivity contribution < 1.29 is 4.79 Å². The van der Waals surface area contributed by atoms with Gasteiger partial charge in [-0.2, -0.15) is 0 Å². The second-order valence-corrected chi connectivity index (χ2v) is 4.54. The lowest BCUT2D eigenvalue weighted by Gasteiger charge is -2.32. The van der Waals surface area contributed by atoms with Gasteiger partial charge < -0.3 is 16.4 Å². The Morgan fingerprint density at radius 3 is 3.00 bits per heavy atom. The molecule has 0 aliphatic carbocycles. The van der Waals surface area contributed by atoms with Crippen molar-refractivity contribution in [2.45, 2.75) is 25.8 Å². The van der Waals surface area contributed by atoms with Gasteiger partial charge in [0.05, 0.1) is 5.56 Å². The molecule has 92 valence electrons. The largest absolute Gasteiger partial charge is 0.365 e. The van der Waals surface area contributed by atoms with E-state index in [1.54, 1.807) is 12.3 Å². The van der Waals surface area contributed by atoms with Crippen molar-refractivity contribution in [2.24, 2.45) is 11.5 Å². The van der Waals surface area contributed by atoms with Crippen LogP contribution in [0.15, 0.2) is 12.3 Å². The summed E-state index contributed by atoms with van der Waals surface area (Å²) in [5.41, 5.74) is 12.7. The highest BCUT2D eigenvalue weighted by Gasteiger charge is 2.22. The number of rotatable bonds is 2. The number of nitrogens with zero attached hydrogens (tertiary/aromatic N) is 2. The van der Waals surface area contributed by atoms with Gasteiger partial charge in [-0.05, 0) is 31.4 Å². The number of piperidine rings is 1. The van der Waals surface area contributed by atoms with Gasteiger partial charge in [0.2, 0.25) is 0 Å². The van der Waals surface area contributed by atoms with E-state index in [-0.39, 0.29) is 6.04 Å². The highest BCUT2D eigenvalue weighted by Crippen LogP contribution is 2.23. The van der Waals surface area contributed by atoms with Crippen LogP contribution >= 0.6 is 0 Å². The van der Waals surface area contributed by atoms with Crippen LogP contribution in [0, 0.1) is 6.92 Å². The van der Waals surface area contributed by atoms with Crippen LogP contribution in [0.4, 0.5) is 5.82 Å². The minimum absolute atomic E-state index is 0.145. The van der Waals surface area contributed by atoms with Crippen molar-refractivity contribution >= 4 is 11.7 Å². The van der Waals surface area contributed by atoms with Crippen molar-refractivity contribution in [2.75, 3.05) is 18.0 Å². The summed E-state index contributed by atoms with van der Waals surface area (Å²) in [5.74, 6) is 0.248. The number of amides is 1. The minimum atomic E-state index is -0.426. The quantitative estimate of drug-likeness (QED) is 0.776. The first-order valence-corrected chi connectivity index (χ1v) is 5.85. The van der Waals surface area contributed by atoms with E-state index in [1.807, 2.05) is 6.92 Å². The van der Waals surface area contributed by atoms with Crippen molar-refractivity contribution in [3.63, 3.8) is 0 Å². The summed E-state index contributed by atoms with van der Waals surface area (Å²) >= 11 is 0. The predicted octanol–water partition coefficient (Wildman–Crippen LogP) is 0.416. The highest BCUT2D eigenvalue weighted by atomic mass is 16.1. The maximum absolute atomic E-state index is 11.5. The van der Waals surface area contributed by atoms with Crippen LogP contribution < -0.4 is 16.4 Å². The van der Waals surface area contributed by atoms with Crippen molar-refractivity contribution in [3.05, 3.63) is 23.4 Å². The summed E-state index contributed by atoms with van der Waals surface area (Å²) in [6, 6.07) is 1.94. The summed E-state index contributed by atoms with van der Waals surface area (Å²) in [6.07, 6.45) is 3.75. The van der Waals surface area contributed by atoms with E-state index in [0.717, 1.165) is 31.5 Å². The Morgan fingerprint density at radius 1 is 1.59 bits per heavy atom. The molecule has 1 aromatic rings. The molecule has 4 N–H and O–H groups in total. The fraction of sp³-hybridized carbons (Fsp3) is 0.500. The molecule has 1 aromatic heterocycles. The Hall–Kier alpha value is -1.62. The normalized spacial score (nSPS) is 20.4. The summed E-state index contributed by atoms with van der Waals surface area (Å²) < 4.78 is 0. The summed E-state index contributed by atoms with van der Waals surface area (Å²) in [7, 11) is 0. The lowest BCUT2D eigenvalue weighted by molar-refractivity contribution is 0.1000. The Kier molecular flexibility index (Phi) is 3.28. The van der Waals surface area contributed by atoms with Gasteiger partial charge in [0.1, 0.15) is 5.82 Å². The van der Waals surface area contributed by atoms with Gasteiger partial charge in [-0.3, -0.25) is 4.79 Å². The number of pyridine rings is 1. The first-order chi connectivity index (χ1) is 8.09. The van der Waals surface area contributed by atoms with Gasteiger partial charge in [0.25, 0.3) is 5.91 Å². The van der Waals surface area contributed by atoms with Crippen molar-refractivity contribution in [3.8, 4) is 0 Å². The standard InChI is InChI=1S/C12H18N4O/c1-8-4-5-15-12(10(8)11(14)17)16-6-2-3-9(13)7-16/h4-5,9H,2-3,6-7,13H2,1H3,(H2,14,17). The zero-order valence-electron chi connectivity index (χ0n) is 10.0. The third-order valence-corrected chi connectivity index (χ3v) is 3.14. The molecule has 1 aliphatic rings. The van der Waals surface area contributed by atoms with Crippen molar-refractivity contribution in [1.29, 1.82) is 0 Å². The molecule has 0 aromatic carbocycles. The predicted molar refractivity (Wildman–Crippen MR) is 66.9 cm³/mol. The minimum Gasteiger partial charge on any atom is -0.365 e. The number of carbonyl (C=O) groups excluding carboxylic acids is 1. The molecular weight excluding hydrogens is 216 g/mol. The molecule has 2 rings (SSSR count). The fourth-order valence-electron chi connectivity index (χ4n) is 2.29. The van der Waals surface area contributed by atoms with E-state index in [4.69, 9.17) is 11.5 Å². The van der Waals surface area contributed by atoms with Gasteiger partial charge in [-0.15, -0.1) is 0 Å². The zero-order valence-corrected chi connectivity index (χ0v) is 10.0. The number of nitrogens with two attached hydrogens (primary N) is 2. The maximum atomic E-state index is 11.5. The van der Waals surface area contributed by atoms with Crippen LogP contribution in [-0.4, -0.2) is 30.0 Å². The molecule has 1 atom stereocenters. The second kappa shape index (κ2) is 4.71. The smallest absolute Gasteiger partial charge is 0.252 e. The van der Waals surface area contributed by atoms with Crippen LogP contribution in [-0.2, 0) is 0 Å². The number of carbonyl (C=O) groups is 1. The van der Waals surface area contributed by atoms with Crippen molar-refractivity contribution in [1.82, 2.24) is 4.98 Å². The second-order valence-electron chi connectivity index (χ2n) is 4.54. The molecule has 5 nitrogen and oxygen atoms in total. The Balaban J connectivity index is 2.37. The summed E-state index contributed by atoms with van der Waals surface area (Å²) in [6.45, 7) is 3.48. The number of aromatic nitrogens is 1. The topological polar surface area (TPSA) is 85.2 Å². The van der Waals surface area contributed by atoms with E-state index >= 15 is 0 Å². The molecule has 0 radical (unpaired) electrons. The first kappa shape index (κ1) is 11.9. The molecule has 2 heterocycles. The molecule has 0 spiro atoms. The SMILES string of the molecule is Cc1ccnc(N2CCCC(N)C2)c1C(N)=O. The molecule has 1 amide bonds. The molecular formula is C12H18N4O. The molecule has 1 saturated heterocycles. The lowest BCUT2D eigenvalue weighted by atomic mass is 10.0. The maximum Gasteiger partial charge on any atom is 0.252 e. The van der Waals surface area contributed by atoms with E-state index < -0.39 is 5.91 Å².